The number of hydrogen-bond donors (Lipinski definition) is 1. The first-order chi connectivity index (χ1) is 8.81. The molecule has 0 aromatic carbocycles. The zero-order valence-corrected chi connectivity index (χ0v) is 11.1. The zero-order valence-electron chi connectivity index (χ0n) is 10.3. The van der Waals surface area contributed by atoms with Crippen LogP contribution in [0.25, 0.3) is 0 Å². The van der Waals surface area contributed by atoms with Gasteiger partial charge in [0.15, 0.2) is 0 Å². The van der Waals surface area contributed by atoms with Crippen LogP contribution in [0.5, 0.6) is 0 Å². The fourth-order valence-corrected chi connectivity index (χ4v) is 2.90. The highest BCUT2D eigenvalue weighted by Gasteiger charge is 2.24. The molecular weight excluding hydrogens is 250 g/mol. The zero-order chi connectivity index (χ0) is 12.8. The first-order valence-electron chi connectivity index (χ1n) is 6.40. The molecule has 2 atom stereocenters. The molecule has 18 heavy (non-hydrogen) atoms. The van der Waals surface area contributed by atoms with Crippen molar-refractivity contribution in [3.63, 3.8) is 0 Å². The van der Waals surface area contributed by atoms with E-state index in [2.05, 4.69) is 15.3 Å². The number of carbonyl (C=O) groups excluding carboxylic acids is 1. The molecule has 1 aliphatic rings. The molecule has 1 N–H and O–H groups in total. The third-order valence-corrected chi connectivity index (χ3v) is 4.01. The highest BCUT2D eigenvalue weighted by molar-refractivity contribution is 6.18. The van der Waals surface area contributed by atoms with Crippen LogP contribution in [0.2, 0.25) is 0 Å². The predicted octanol–water partition coefficient (Wildman–Crippen LogP) is 2.25. The van der Waals surface area contributed by atoms with Gasteiger partial charge in [-0.1, -0.05) is 12.8 Å². The van der Waals surface area contributed by atoms with E-state index in [0.717, 1.165) is 6.42 Å². The third-order valence-electron chi connectivity index (χ3n) is 3.61. The normalized spacial score (nSPS) is 23.6. The van der Waals surface area contributed by atoms with Crippen molar-refractivity contribution in [1.29, 1.82) is 0 Å². The van der Waals surface area contributed by atoms with Gasteiger partial charge in [-0.2, -0.15) is 0 Å². The molecule has 98 valence electrons. The van der Waals surface area contributed by atoms with Gasteiger partial charge >= 0.3 is 0 Å². The van der Waals surface area contributed by atoms with Crippen LogP contribution in [0.15, 0.2) is 18.7 Å². The molecule has 2 unspecified atom stereocenters. The highest BCUT2D eigenvalue weighted by atomic mass is 35.5. The Labute approximate surface area is 112 Å². The van der Waals surface area contributed by atoms with Crippen LogP contribution in [-0.2, 0) is 0 Å². The number of rotatable bonds is 4. The van der Waals surface area contributed by atoms with E-state index in [0.29, 0.717) is 29.8 Å². The smallest absolute Gasteiger partial charge is 0.254 e. The maximum Gasteiger partial charge on any atom is 0.254 e. The van der Waals surface area contributed by atoms with Gasteiger partial charge in [0.2, 0.25) is 0 Å². The molecule has 0 aliphatic heterocycles. The van der Waals surface area contributed by atoms with Crippen LogP contribution >= 0.6 is 11.6 Å². The molecule has 0 radical (unpaired) electrons. The minimum absolute atomic E-state index is 0.102. The molecule has 0 bridgehead atoms. The Balaban J connectivity index is 1.85. The largest absolute Gasteiger partial charge is 0.352 e. The summed E-state index contributed by atoms with van der Waals surface area (Å²) in [5, 5.41) is 2.96. The average Bonchev–Trinajstić information content (AvgIpc) is 2.46. The Hall–Kier alpha value is -1.16. The SMILES string of the molecule is O=C(NCC1CCCCC1CCl)c1cncnc1. The molecule has 1 amide bonds. The van der Waals surface area contributed by atoms with E-state index < -0.39 is 0 Å². The monoisotopic (exact) mass is 267 g/mol. The summed E-state index contributed by atoms with van der Waals surface area (Å²) in [7, 11) is 0. The van der Waals surface area contributed by atoms with Crippen molar-refractivity contribution in [2.45, 2.75) is 25.7 Å². The van der Waals surface area contributed by atoms with E-state index in [-0.39, 0.29) is 5.91 Å². The van der Waals surface area contributed by atoms with Crippen LogP contribution in [-0.4, -0.2) is 28.3 Å². The molecule has 1 aliphatic carbocycles. The summed E-state index contributed by atoms with van der Waals surface area (Å²) < 4.78 is 0. The number of halogens is 1. The van der Waals surface area contributed by atoms with Crippen LogP contribution in [0.4, 0.5) is 0 Å². The van der Waals surface area contributed by atoms with Crippen molar-refractivity contribution >= 4 is 17.5 Å². The standard InChI is InChI=1S/C13H18ClN3O/c14-5-10-3-1-2-4-11(10)8-17-13(18)12-6-15-9-16-7-12/h6-7,9-11H,1-5,8H2,(H,17,18). The van der Waals surface area contributed by atoms with Crippen molar-refractivity contribution in [3.8, 4) is 0 Å². The lowest BCUT2D eigenvalue weighted by Gasteiger charge is -2.30. The number of carbonyl (C=O) groups is 1. The minimum atomic E-state index is -0.102. The third kappa shape index (κ3) is 3.42. The number of hydrogen-bond acceptors (Lipinski definition) is 3. The molecule has 0 spiro atoms. The Bertz CT molecular complexity index is 385. The molecule has 1 heterocycles. The number of nitrogens with zero attached hydrogens (tertiary/aromatic N) is 2. The van der Waals surface area contributed by atoms with Crippen LogP contribution < -0.4 is 5.32 Å². The molecule has 2 rings (SSSR count). The fraction of sp³-hybridized carbons (Fsp3) is 0.615. The average molecular weight is 268 g/mol. The second-order valence-electron chi connectivity index (χ2n) is 4.80. The first kappa shape index (κ1) is 13.3. The molecule has 1 fully saturated rings. The van der Waals surface area contributed by atoms with E-state index in [1.807, 2.05) is 0 Å². The Morgan fingerprint density at radius 3 is 2.61 bits per heavy atom. The van der Waals surface area contributed by atoms with E-state index >= 15 is 0 Å². The number of nitrogens with one attached hydrogen (secondary N) is 1. The quantitative estimate of drug-likeness (QED) is 0.852. The summed E-state index contributed by atoms with van der Waals surface area (Å²) in [6, 6.07) is 0. The van der Waals surface area contributed by atoms with E-state index in [1.165, 1.54) is 38.0 Å². The van der Waals surface area contributed by atoms with Gasteiger partial charge in [-0.05, 0) is 24.7 Å². The van der Waals surface area contributed by atoms with E-state index in [9.17, 15) is 4.79 Å². The van der Waals surface area contributed by atoms with Crippen molar-refractivity contribution in [2.75, 3.05) is 12.4 Å². The van der Waals surface area contributed by atoms with Gasteiger partial charge in [-0.25, -0.2) is 9.97 Å². The first-order valence-corrected chi connectivity index (χ1v) is 6.94. The molecule has 4 nitrogen and oxygen atoms in total. The van der Waals surface area contributed by atoms with Crippen molar-refractivity contribution in [1.82, 2.24) is 15.3 Å². The van der Waals surface area contributed by atoms with Crippen LogP contribution in [0.3, 0.4) is 0 Å². The fourth-order valence-electron chi connectivity index (χ4n) is 2.50. The lowest BCUT2D eigenvalue weighted by Crippen LogP contribution is -2.35. The molecule has 5 heteroatoms. The summed E-state index contributed by atoms with van der Waals surface area (Å²) in [5.74, 6) is 1.63. The molecular formula is C13H18ClN3O. The Morgan fingerprint density at radius 1 is 1.28 bits per heavy atom. The van der Waals surface area contributed by atoms with Gasteiger partial charge in [0.05, 0.1) is 5.56 Å². The van der Waals surface area contributed by atoms with Gasteiger partial charge in [-0.3, -0.25) is 4.79 Å². The van der Waals surface area contributed by atoms with Gasteiger partial charge in [-0.15, -0.1) is 11.6 Å². The summed E-state index contributed by atoms with van der Waals surface area (Å²) in [4.78, 5) is 19.5. The second kappa shape index (κ2) is 6.69. The van der Waals surface area contributed by atoms with Gasteiger partial charge in [0.1, 0.15) is 6.33 Å². The Morgan fingerprint density at radius 2 is 1.94 bits per heavy atom. The molecule has 0 saturated heterocycles. The highest BCUT2D eigenvalue weighted by Crippen LogP contribution is 2.30. The van der Waals surface area contributed by atoms with Crippen LogP contribution in [0.1, 0.15) is 36.0 Å². The number of alkyl halides is 1. The van der Waals surface area contributed by atoms with Gasteiger partial charge in [0, 0.05) is 24.8 Å². The molecule has 1 aromatic heterocycles. The summed E-state index contributed by atoms with van der Waals surface area (Å²) in [6.07, 6.45) is 9.31. The lowest BCUT2D eigenvalue weighted by molar-refractivity contribution is 0.0936. The molecule has 1 aromatic rings. The maximum absolute atomic E-state index is 11.9. The van der Waals surface area contributed by atoms with E-state index in [4.69, 9.17) is 11.6 Å². The van der Waals surface area contributed by atoms with Gasteiger partial charge in [0.25, 0.3) is 5.91 Å². The Kier molecular flexibility index (Phi) is 4.93. The van der Waals surface area contributed by atoms with Crippen molar-refractivity contribution in [2.24, 2.45) is 11.8 Å². The summed E-state index contributed by atoms with van der Waals surface area (Å²) in [5.41, 5.74) is 0.510. The van der Waals surface area contributed by atoms with Crippen LogP contribution in [0, 0.1) is 11.8 Å². The number of amides is 1. The van der Waals surface area contributed by atoms with E-state index in [1.54, 1.807) is 0 Å². The predicted molar refractivity (Wildman–Crippen MR) is 70.5 cm³/mol. The lowest BCUT2D eigenvalue weighted by atomic mass is 9.80. The topological polar surface area (TPSA) is 54.9 Å². The van der Waals surface area contributed by atoms with Crippen molar-refractivity contribution in [3.05, 3.63) is 24.3 Å². The summed E-state index contributed by atoms with van der Waals surface area (Å²) in [6.45, 7) is 0.700. The maximum atomic E-state index is 11.9. The molecule has 1 saturated carbocycles. The van der Waals surface area contributed by atoms with Crippen molar-refractivity contribution < 1.29 is 4.79 Å². The minimum Gasteiger partial charge on any atom is -0.352 e. The second-order valence-corrected chi connectivity index (χ2v) is 5.10. The number of aromatic nitrogens is 2. The van der Waals surface area contributed by atoms with Gasteiger partial charge < -0.3 is 5.32 Å². The summed E-state index contributed by atoms with van der Waals surface area (Å²) >= 11 is 5.97.